The quantitative estimate of drug-likeness (QED) is 0.740. The van der Waals surface area contributed by atoms with Gasteiger partial charge in [-0.2, -0.15) is 0 Å². The molecule has 0 radical (unpaired) electrons. The van der Waals surface area contributed by atoms with Gasteiger partial charge in [-0.1, -0.05) is 31.4 Å². The van der Waals surface area contributed by atoms with Gasteiger partial charge in [0.1, 0.15) is 0 Å². The molecule has 0 aliphatic heterocycles. The fraction of sp³-hybridized carbons (Fsp3) is 0.538. The van der Waals surface area contributed by atoms with Gasteiger partial charge in [0.05, 0.1) is 9.37 Å². The summed E-state index contributed by atoms with van der Waals surface area (Å²) in [7, 11) is -3.63. The van der Waals surface area contributed by atoms with E-state index in [1.807, 2.05) is 6.92 Å². The third kappa shape index (κ3) is 3.87. The summed E-state index contributed by atoms with van der Waals surface area (Å²) in [5, 5.41) is 0.307. The monoisotopic (exact) mass is 380 g/mol. The number of sulfonamides is 1. The van der Waals surface area contributed by atoms with Crippen molar-refractivity contribution < 1.29 is 8.42 Å². The lowest BCUT2D eigenvalue weighted by Gasteiger charge is -2.18. The molecule has 20 heavy (non-hydrogen) atoms. The molecule has 112 valence electrons. The summed E-state index contributed by atoms with van der Waals surface area (Å²) in [5.41, 5.74) is 6.06. The van der Waals surface area contributed by atoms with Crippen molar-refractivity contribution in [2.24, 2.45) is 5.92 Å². The molecule has 7 heteroatoms. The highest BCUT2D eigenvalue weighted by Gasteiger charge is 2.28. The zero-order chi connectivity index (χ0) is 14.9. The fourth-order valence-electron chi connectivity index (χ4n) is 2.12. The molecule has 1 aromatic carbocycles. The van der Waals surface area contributed by atoms with Crippen LogP contribution >= 0.6 is 27.5 Å². The van der Waals surface area contributed by atoms with Crippen LogP contribution in [0.4, 0.5) is 5.69 Å². The Balaban J connectivity index is 2.24. The molecule has 0 saturated heterocycles. The first-order valence-electron chi connectivity index (χ1n) is 6.60. The molecule has 4 nitrogen and oxygen atoms in total. The molecule has 0 aromatic heterocycles. The number of rotatable bonds is 6. The second-order valence-electron chi connectivity index (χ2n) is 5.21. The Bertz CT molecular complexity index is 603. The van der Waals surface area contributed by atoms with E-state index in [-0.39, 0.29) is 10.9 Å². The third-order valence-corrected chi connectivity index (χ3v) is 6.36. The van der Waals surface area contributed by atoms with E-state index in [0.717, 1.165) is 12.8 Å². The Morgan fingerprint density at radius 2 is 2.15 bits per heavy atom. The van der Waals surface area contributed by atoms with Gasteiger partial charge >= 0.3 is 0 Å². The Labute approximate surface area is 133 Å². The molecule has 0 bridgehead atoms. The maximum atomic E-state index is 12.5. The molecule has 1 saturated carbocycles. The molecular formula is C13H18BrClN2O2S. The summed E-state index contributed by atoms with van der Waals surface area (Å²) in [5.74, 6) is 0.663. The zero-order valence-corrected chi connectivity index (χ0v) is 14.4. The predicted octanol–water partition coefficient (Wildman–Crippen LogP) is 3.54. The molecule has 1 aliphatic carbocycles. The van der Waals surface area contributed by atoms with E-state index in [1.54, 1.807) is 0 Å². The lowest BCUT2D eigenvalue weighted by molar-refractivity contribution is 0.495. The van der Waals surface area contributed by atoms with Crippen molar-refractivity contribution in [2.45, 2.75) is 43.5 Å². The number of nitrogen functional groups attached to an aromatic ring is 1. The molecular weight excluding hydrogens is 364 g/mol. The van der Waals surface area contributed by atoms with E-state index in [2.05, 4.69) is 20.7 Å². The standard InChI is InChI=1S/C13H18BrClN2O2S/c1-2-10(5-8-3-4-8)17-20(18,19)12-7-9(15)6-11(16)13(12)14/h6-8,10,17H,2-5,16H2,1H3. The predicted molar refractivity (Wildman–Crippen MR) is 85.3 cm³/mol. The van der Waals surface area contributed by atoms with Crippen LogP contribution in [0.3, 0.4) is 0 Å². The van der Waals surface area contributed by atoms with E-state index < -0.39 is 10.0 Å². The van der Waals surface area contributed by atoms with Crippen LogP contribution in [0.1, 0.15) is 32.6 Å². The summed E-state index contributed by atoms with van der Waals surface area (Å²) in [6, 6.07) is 2.89. The number of hydrogen-bond donors (Lipinski definition) is 2. The Hall–Kier alpha value is -0.300. The molecule has 1 unspecified atom stereocenters. The summed E-state index contributed by atoms with van der Waals surface area (Å²) in [4.78, 5) is 0.0942. The normalized spacial score (nSPS) is 17.1. The van der Waals surface area contributed by atoms with Crippen LogP contribution in [-0.2, 0) is 10.0 Å². The molecule has 0 spiro atoms. The van der Waals surface area contributed by atoms with Gasteiger partial charge in [0.2, 0.25) is 10.0 Å². The van der Waals surface area contributed by atoms with Crippen LogP contribution in [0.15, 0.2) is 21.5 Å². The van der Waals surface area contributed by atoms with Crippen molar-refractivity contribution in [1.29, 1.82) is 0 Å². The van der Waals surface area contributed by atoms with E-state index in [9.17, 15) is 8.42 Å². The van der Waals surface area contributed by atoms with Crippen LogP contribution in [0.5, 0.6) is 0 Å². The van der Waals surface area contributed by atoms with Crippen molar-refractivity contribution in [1.82, 2.24) is 4.72 Å². The number of hydrogen-bond acceptors (Lipinski definition) is 3. The van der Waals surface area contributed by atoms with Crippen molar-refractivity contribution in [2.75, 3.05) is 5.73 Å². The van der Waals surface area contributed by atoms with Crippen molar-refractivity contribution in [3.63, 3.8) is 0 Å². The van der Waals surface area contributed by atoms with Crippen molar-refractivity contribution in [3.8, 4) is 0 Å². The SMILES string of the molecule is CCC(CC1CC1)NS(=O)(=O)c1cc(Cl)cc(N)c1Br. The van der Waals surface area contributed by atoms with Gasteiger partial charge in [0.25, 0.3) is 0 Å². The summed E-state index contributed by atoms with van der Waals surface area (Å²) >= 11 is 9.12. The lowest BCUT2D eigenvalue weighted by Crippen LogP contribution is -2.35. The van der Waals surface area contributed by atoms with Crippen LogP contribution in [-0.4, -0.2) is 14.5 Å². The minimum Gasteiger partial charge on any atom is -0.398 e. The summed E-state index contributed by atoms with van der Waals surface area (Å²) in [6.45, 7) is 1.98. The van der Waals surface area contributed by atoms with Crippen LogP contribution in [0.2, 0.25) is 5.02 Å². The molecule has 1 aliphatic rings. The molecule has 2 rings (SSSR count). The fourth-order valence-corrected chi connectivity index (χ4v) is 4.74. The average Bonchev–Trinajstić information content (AvgIpc) is 3.16. The zero-order valence-electron chi connectivity index (χ0n) is 11.2. The van der Waals surface area contributed by atoms with Gasteiger partial charge in [0, 0.05) is 16.8 Å². The highest BCUT2D eigenvalue weighted by molar-refractivity contribution is 9.10. The van der Waals surface area contributed by atoms with E-state index >= 15 is 0 Å². The van der Waals surface area contributed by atoms with Crippen LogP contribution in [0.25, 0.3) is 0 Å². The average molecular weight is 382 g/mol. The number of nitrogens with one attached hydrogen (secondary N) is 1. The first-order valence-corrected chi connectivity index (χ1v) is 9.25. The minimum absolute atomic E-state index is 0.0420. The number of halogens is 2. The van der Waals surface area contributed by atoms with E-state index in [0.29, 0.717) is 21.1 Å². The van der Waals surface area contributed by atoms with Crippen LogP contribution in [0, 0.1) is 5.92 Å². The van der Waals surface area contributed by atoms with Crippen molar-refractivity contribution in [3.05, 3.63) is 21.6 Å². The lowest BCUT2D eigenvalue weighted by atomic mass is 10.1. The molecule has 3 N–H and O–H groups in total. The Morgan fingerprint density at radius 3 is 2.70 bits per heavy atom. The molecule has 0 amide bonds. The number of benzene rings is 1. The smallest absolute Gasteiger partial charge is 0.242 e. The maximum Gasteiger partial charge on any atom is 0.242 e. The van der Waals surface area contributed by atoms with Crippen molar-refractivity contribution >= 4 is 43.2 Å². The topological polar surface area (TPSA) is 72.2 Å². The van der Waals surface area contributed by atoms with Crippen LogP contribution < -0.4 is 10.5 Å². The largest absolute Gasteiger partial charge is 0.398 e. The number of nitrogens with two attached hydrogens (primary N) is 1. The second-order valence-corrected chi connectivity index (χ2v) is 8.12. The van der Waals surface area contributed by atoms with Gasteiger partial charge in [0.15, 0.2) is 0 Å². The summed E-state index contributed by atoms with van der Waals surface area (Å²) < 4.78 is 28.1. The van der Waals surface area contributed by atoms with Gasteiger partial charge in [-0.05, 0) is 46.8 Å². The highest BCUT2D eigenvalue weighted by atomic mass is 79.9. The maximum absolute atomic E-state index is 12.5. The summed E-state index contributed by atoms with van der Waals surface area (Å²) in [6.07, 6.45) is 4.06. The molecule has 1 atom stereocenters. The minimum atomic E-state index is -3.63. The van der Waals surface area contributed by atoms with Gasteiger partial charge in [-0.3, -0.25) is 0 Å². The Kier molecular flexibility index (Phi) is 5.00. The van der Waals surface area contributed by atoms with Gasteiger partial charge in [-0.25, -0.2) is 13.1 Å². The third-order valence-electron chi connectivity index (χ3n) is 3.45. The highest BCUT2D eigenvalue weighted by Crippen LogP contribution is 2.35. The Morgan fingerprint density at radius 1 is 1.50 bits per heavy atom. The van der Waals surface area contributed by atoms with E-state index in [4.69, 9.17) is 17.3 Å². The first kappa shape index (κ1) is 16.1. The van der Waals surface area contributed by atoms with E-state index in [1.165, 1.54) is 25.0 Å². The second kappa shape index (κ2) is 6.22. The van der Waals surface area contributed by atoms with Gasteiger partial charge in [-0.15, -0.1) is 0 Å². The molecule has 1 aromatic rings. The first-order chi connectivity index (χ1) is 9.33. The van der Waals surface area contributed by atoms with Gasteiger partial charge < -0.3 is 5.73 Å². The molecule has 0 heterocycles. The number of anilines is 1. The molecule has 1 fully saturated rings.